The van der Waals surface area contributed by atoms with Crippen LogP contribution in [-0.4, -0.2) is 0 Å². The van der Waals surface area contributed by atoms with E-state index in [4.69, 9.17) is 0 Å². The van der Waals surface area contributed by atoms with Gasteiger partial charge < -0.3 is 4.90 Å². The Bertz CT molecular complexity index is 3020. The molecule has 63 heavy (non-hydrogen) atoms. The summed E-state index contributed by atoms with van der Waals surface area (Å²) < 4.78 is 0. The van der Waals surface area contributed by atoms with Gasteiger partial charge in [-0.05, 0) is 134 Å². The van der Waals surface area contributed by atoms with E-state index in [1.165, 1.54) is 98.0 Å². The normalized spacial score (nSPS) is 17.9. The Labute approximate surface area is 372 Å². The Morgan fingerprint density at radius 1 is 0.365 bits per heavy atom. The number of fused-ring (bicyclic) bond motifs is 5. The van der Waals surface area contributed by atoms with Crippen molar-refractivity contribution in [1.82, 2.24) is 0 Å². The summed E-state index contributed by atoms with van der Waals surface area (Å²) in [6.45, 7) is 0. The van der Waals surface area contributed by atoms with Crippen molar-refractivity contribution in [3.63, 3.8) is 0 Å². The minimum atomic E-state index is -0.510. The first-order valence-corrected chi connectivity index (χ1v) is 22.8. The maximum Gasteiger partial charge on any atom is 0.0714 e. The first-order valence-electron chi connectivity index (χ1n) is 22.8. The minimum absolute atomic E-state index is 0.510. The largest absolute Gasteiger partial charge is 0.310 e. The number of hydrogen-bond acceptors (Lipinski definition) is 1. The van der Waals surface area contributed by atoms with Gasteiger partial charge in [-0.15, -0.1) is 0 Å². The van der Waals surface area contributed by atoms with Gasteiger partial charge in [0.15, 0.2) is 0 Å². The summed E-state index contributed by atoms with van der Waals surface area (Å²) >= 11 is 0. The number of nitrogens with zero attached hydrogens (tertiary/aromatic N) is 1. The lowest BCUT2D eigenvalue weighted by atomic mass is 9.67. The van der Waals surface area contributed by atoms with Crippen LogP contribution in [0.4, 0.5) is 17.1 Å². The molecule has 302 valence electrons. The fraction of sp³-hybridized carbons (Fsp3) is 0.129. The van der Waals surface area contributed by atoms with Crippen molar-refractivity contribution in [2.45, 2.75) is 37.0 Å². The van der Waals surface area contributed by atoms with Crippen molar-refractivity contribution in [3.05, 3.63) is 258 Å². The van der Waals surface area contributed by atoms with Gasteiger partial charge in [-0.1, -0.05) is 207 Å². The molecule has 2 bridgehead atoms. The molecular formula is C62H49N. The standard InChI is InChI=1S/C62H49N/c1-4-16-46(17-5-1)53-22-10-11-23-54(53)57-25-13-15-27-61(57)63(51-36-34-45(35-37-51)44-30-32-47(33-31-44)58-41-43-28-29-48(58)40-43)52-38-39-56-55-24-12-14-26-59(55)62(60(56)42-52,49-18-6-2-7-19-49)50-20-8-3-9-21-50/h1-27,30-39,42-43,48,58H,28-29,40-41H2. The second-order valence-corrected chi connectivity index (χ2v) is 18.0. The van der Waals surface area contributed by atoms with Crippen LogP contribution in [0.3, 0.4) is 0 Å². The molecule has 2 fully saturated rings. The summed E-state index contributed by atoms with van der Waals surface area (Å²) in [4.78, 5) is 2.49. The van der Waals surface area contributed by atoms with Crippen LogP contribution >= 0.6 is 0 Å². The zero-order valence-corrected chi connectivity index (χ0v) is 35.4. The highest BCUT2D eigenvalue weighted by Crippen LogP contribution is 2.58. The molecule has 0 amide bonds. The van der Waals surface area contributed by atoms with Crippen LogP contribution in [-0.2, 0) is 5.41 Å². The van der Waals surface area contributed by atoms with Crippen molar-refractivity contribution in [2.75, 3.05) is 4.90 Å². The van der Waals surface area contributed by atoms with E-state index in [0.717, 1.165) is 34.8 Å². The molecule has 3 aliphatic rings. The number of anilines is 3. The first-order chi connectivity index (χ1) is 31.2. The number of hydrogen-bond donors (Lipinski definition) is 0. The summed E-state index contributed by atoms with van der Waals surface area (Å²) in [5.41, 5.74) is 19.4. The van der Waals surface area contributed by atoms with Crippen LogP contribution < -0.4 is 4.90 Å². The lowest BCUT2D eigenvalue weighted by Gasteiger charge is -2.35. The third-order valence-electron chi connectivity index (χ3n) is 14.7. The fourth-order valence-corrected chi connectivity index (χ4v) is 11.9. The summed E-state index contributed by atoms with van der Waals surface area (Å²) in [5.74, 6) is 2.57. The van der Waals surface area contributed by atoms with E-state index in [-0.39, 0.29) is 0 Å². The van der Waals surface area contributed by atoms with Gasteiger partial charge in [-0.25, -0.2) is 0 Å². The molecule has 12 rings (SSSR count). The van der Waals surface area contributed by atoms with Crippen molar-refractivity contribution in [1.29, 1.82) is 0 Å². The average molecular weight is 808 g/mol. The molecule has 2 saturated carbocycles. The highest BCUT2D eigenvalue weighted by molar-refractivity contribution is 5.95. The molecule has 1 heteroatoms. The molecule has 0 aromatic heterocycles. The predicted octanol–water partition coefficient (Wildman–Crippen LogP) is 16.4. The van der Waals surface area contributed by atoms with E-state index in [0.29, 0.717) is 0 Å². The molecule has 3 aliphatic carbocycles. The molecule has 0 N–H and O–H groups in total. The van der Waals surface area contributed by atoms with Crippen LogP contribution in [0.15, 0.2) is 231 Å². The summed E-state index contributed by atoms with van der Waals surface area (Å²) in [7, 11) is 0. The van der Waals surface area contributed by atoms with Crippen LogP contribution in [0, 0.1) is 11.8 Å². The van der Waals surface area contributed by atoms with E-state index in [2.05, 4.69) is 235 Å². The quantitative estimate of drug-likeness (QED) is 0.140. The highest BCUT2D eigenvalue weighted by Gasteiger charge is 2.46. The van der Waals surface area contributed by atoms with Gasteiger partial charge in [0, 0.05) is 16.9 Å². The van der Waals surface area contributed by atoms with Crippen molar-refractivity contribution in [3.8, 4) is 44.5 Å². The Kier molecular flexibility index (Phi) is 9.29. The van der Waals surface area contributed by atoms with Crippen molar-refractivity contribution < 1.29 is 0 Å². The first kappa shape index (κ1) is 37.5. The van der Waals surface area contributed by atoms with Gasteiger partial charge in [0.2, 0.25) is 0 Å². The molecule has 0 spiro atoms. The van der Waals surface area contributed by atoms with Crippen LogP contribution in [0.1, 0.15) is 59.4 Å². The molecule has 1 nitrogen and oxygen atoms in total. The molecular weight excluding hydrogens is 759 g/mol. The zero-order chi connectivity index (χ0) is 41.7. The molecule has 9 aromatic rings. The van der Waals surface area contributed by atoms with Gasteiger partial charge in [-0.2, -0.15) is 0 Å². The maximum atomic E-state index is 2.49. The van der Waals surface area contributed by atoms with E-state index >= 15 is 0 Å². The average Bonchev–Trinajstić information content (AvgIpc) is 4.09. The van der Waals surface area contributed by atoms with Crippen LogP contribution in [0.5, 0.6) is 0 Å². The van der Waals surface area contributed by atoms with Crippen LogP contribution in [0.2, 0.25) is 0 Å². The van der Waals surface area contributed by atoms with Crippen LogP contribution in [0.25, 0.3) is 44.5 Å². The summed E-state index contributed by atoms with van der Waals surface area (Å²) in [6, 6.07) is 85.8. The second-order valence-electron chi connectivity index (χ2n) is 18.0. The lowest BCUT2D eigenvalue weighted by Crippen LogP contribution is -2.28. The monoisotopic (exact) mass is 807 g/mol. The van der Waals surface area contributed by atoms with Gasteiger partial charge in [0.1, 0.15) is 0 Å². The number of benzene rings is 9. The Balaban J connectivity index is 1.04. The molecule has 0 saturated heterocycles. The minimum Gasteiger partial charge on any atom is -0.310 e. The fourth-order valence-electron chi connectivity index (χ4n) is 11.9. The number of rotatable bonds is 9. The highest BCUT2D eigenvalue weighted by atomic mass is 15.1. The van der Waals surface area contributed by atoms with E-state index < -0.39 is 5.41 Å². The Morgan fingerprint density at radius 2 is 0.905 bits per heavy atom. The molecule has 0 radical (unpaired) electrons. The predicted molar refractivity (Wildman–Crippen MR) is 263 cm³/mol. The molecule has 0 aliphatic heterocycles. The Hall–Kier alpha value is -7.22. The van der Waals surface area contributed by atoms with E-state index in [9.17, 15) is 0 Å². The second kappa shape index (κ2) is 15.6. The van der Waals surface area contributed by atoms with Crippen molar-refractivity contribution in [2.24, 2.45) is 11.8 Å². The van der Waals surface area contributed by atoms with E-state index in [1.54, 1.807) is 0 Å². The molecule has 3 atom stereocenters. The maximum absolute atomic E-state index is 2.49. The Morgan fingerprint density at radius 3 is 1.56 bits per heavy atom. The van der Waals surface area contributed by atoms with Gasteiger partial charge >= 0.3 is 0 Å². The third kappa shape index (κ3) is 6.29. The van der Waals surface area contributed by atoms with Crippen molar-refractivity contribution >= 4 is 17.1 Å². The summed E-state index contributed by atoms with van der Waals surface area (Å²) in [6.07, 6.45) is 5.65. The zero-order valence-electron chi connectivity index (χ0n) is 35.4. The number of para-hydroxylation sites is 1. The lowest BCUT2D eigenvalue weighted by molar-refractivity contribution is 0.420. The molecule has 3 unspecified atom stereocenters. The SMILES string of the molecule is c1ccc(-c2ccccc2-c2ccccc2N(c2ccc(-c3ccc(C4CC5CCC4C5)cc3)cc2)c2ccc3c(c2)C(c2ccccc2)(c2ccccc2)c2ccccc2-3)cc1. The van der Waals surface area contributed by atoms with Gasteiger partial charge in [0.25, 0.3) is 0 Å². The third-order valence-corrected chi connectivity index (χ3v) is 14.7. The smallest absolute Gasteiger partial charge is 0.0714 e. The molecule has 9 aromatic carbocycles. The topological polar surface area (TPSA) is 3.24 Å². The van der Waals surface area contributed by atoms with E-state index in [1.807, 2.05) is 0 Å². The van der Waals surface area contributed by atoms with Gasteiger partial charge in [0.05, 0.1) is 11.1 Å². The molecule has 0 heterocycles. The van der Waals surface area contributed by atoms with Gasteiger partial charge in [-0.3, -0.25) is 0 Å². The summed E-state index contributed by atoms with van der Waals surface area (Å²) in [5, 5.41) is 0.